The normalized spacial score (nSPS) is 23.7. The molecule has 2 rings (SSSR count). The van der Waals surface area contributed by atoms with Crippen LogP contribution in [0.1, 0.15) is 20.8 Å². The molecule has 1 aliphatic rings. The first-order valence-electron chi connectivity index (χ1n) is 6.28. The Morgan fingerprint density at radius 3 is 2.44 bits per heavy atom. The number of hydrogen-bond acceptors (Lipinski definition) is 3. The number of hydrogen-bond donors (Lipinski definition) is 1. The number of halogens is 1. The van der Waals surface area contributed by atoms with Crippen molar-refractivity contribution in [2.75, 3.05) is 11.6 Å². The lowest BCUT2D eigenvalue weighted by molar-refractivity contribution is 0.249. The van der Waals surface area contributed by atoms with E-state index in [0.29, 0.717) is 11.8 Å². The fraction of sp³-hybridized carbons (Fsp3) is 0.500. The lowest BCUT2D eigenvalue weighted by Crippen LogP contribution is -2.35. The van der Waals surface area contributed by atoms with Gasteiger partial charge in [0.2, 0.25) is 0 Å². The first-order chi connectivity index (χ1) is 8.54. The summed E-state index contributed by atoms with van der Waals surface area (Å²) in [5.41, 5.74) is 2.19. The molecule has 0 radical (unpaired) electrons. The number of nitrogens with zero attached hydrogens (tertiary/aromatic N) is 2. The number of anilines is 1. The minimum atomic E-state index is 0.0450. The molecule has 0 spiro atoms. The Hall–Kier alpha value is -0.870. The minimum Gasteiger partial charge on any atom is -0.394 e. The van der Waals surface area contributed by atoms with E-state index in [4.69, 9.17) is 5.10 Å². The van der Waals surface area contributed by atoms with Gasteiger partial charge in [-0.3, -0.25) is 5.01 Å². The van der Waals surface area contributed by atoms with Crippen molar-refractivity contribution in [2.24, 2.45) is 16.9 Å². The summed E-state index contributed by atoms with van der Waals surface area (Å²) in [6.45, 7) is 6.55. The van der Waals surface area contributed by atoms with E-state index in [1.54, 1.807) is 0 Å². The molecule has 1 heterocycles. The van der Waals surface area contributed by atoms with E-state index >= 15 is 0 Å². The number of benzene rings is 1. The van der Waals surface area contributed by atoms with Crippen molar-refractivity contribution in [3.05, 3.63) is 28.7 Å². The SMILES string of the molecule is CC(C)C1=NN(c2ccc(Br)cc2)[C@@H](CO)[C@@H]1C. The molecule has 2 atom stereocenters. The van der Waals surface area contributed by atoms with Gasteiger partial charge in [0.15, 0.2) is 0 Å². The van der Waals surface area contributed by atoms with E-state index < -0.39 is 0 Å². The molecule has 4 heteroatoms. The zero-order chi connectivity index (χ0) is 13.3. The van der Waals surface area contributed by atoms with Gasteiger partial charge in [-0.25, -0.2) is 0 Å². The molecule has 0 aliphatic carbocycles. The maximum Gasteiger partial charge on any atom is 0.0835 e. The second kappa shape index (κ2) is 5.41. The highest BCUT2D eigenvalue weighted by molar-refractivity contribution is 9.10. The van der Waals surface area contributed by atoms with E-state index in [1.807, 2.05) is 29.3 Å². The van der Waals surface area contributed by atoms with Crippen molar-refractivity contribution in [1.29, 1.82) is 0 Å². The molecule has 18 heavy (non-hydrogen) atoms. The standard InChI is InChI=1S/C14H19BrN2O/c1-9(2)14-10(3)13(8-18)17(16-14)12-6-4-11(15)5-7-12/h4-7,9-10,13,18H,8H2,1-3H3/t10-,13-/m0/s1. The monoisotopic (exact) mass is 310 g/mol. The van der Waals surface area contributed by atoms with Gasteiger partial charge in [-0.2, -0.15) is 5.10 Å². The van der Waals surface area contributed by atoms with Gasteiger partial charge in [0.05, 0.1) is 18.3 Å². The van der Waals surface area contributed by atoms with Crippen molar-refractivity contribution in [3.8, 4) is 0 Å². The van der Waals surface area contributed by atoms with E-state index in [0.717, 1.165) is 15.9 Å². The topological polar surface area (TPSA) is 35.8 Å². The molecule has 0 aromatic heterocycles. The van der Waals surface area contributed by atoms with Crippen LogP contribution < -0.4 is 5.01 Å². The van der Waals surface area contributed by atoms with E-state index in [2.05, 4.69) is 36.7 Å². The maximum atomic E-state index is 9.60. The highest BCUT2D eigenvalue weighted by atomic mass is 79.9. The van der Waals surface area contributed by atoms with Crippen LogP contribution in [-0.2, 0) is 0 Å². The predicted molar refractivity (Wildman–Crippen MR) is 78.9 cm³/mol. The zero-order valence-electron chi connectivity index (χ0n) is 11.0. The molecule has 0 saturated carbocycles. The highest BCUT2D eigenvalue weighted by Crippen LogP contribution is 2.31. The fourth-order valence-corrected chi connectivity index (χ4v) is 2.68. The van der Waals surface area contributed by atoms with E-state index in [-0.39, 0.29) is 12.6 Å². The molecule has 0 amide bonds. The molecule has 1 aliphatic heterocycles. The third-order valence-corrected chi connectivity index (χ3v) is 3.98. The van der Waals surface area contributed by atoms with Crippen LogP contribution in [0.5, 0.6) is 0 Å². The Kier molecular flexibility index (Phi) is 4.07. The summed E-state index contributed by atoms with van der Waals surface area (Å²) in [6, 6.07) is 8.08. The Balaban J connectivity index is 2.33. The van der Waals surface area contributed by atoms with Crippen LogP contribution in [0.2, 0.25) is 0 Å². The largest absolute Gasteiger partial charge is 0.394 e. The van der Waals surface area contributed by atoms with Crippen LogP contribution >= 0.6 is 15.9 Å². The summed E-state index contributed by atoms with van der Waals surface area (Å²) in [6.07, 6.45) is 0. The van der Waals surface area contributed by atoms with Crippen LogP contribution in [0.4, 0.5) is 5.69 Å². The summed E-state index contributed by atoms with van der Waals surface area (Å²) in [5.74, 6) is 0.702. The van der Waals surface area contributed by atoms with Gasteiger partial charge in [0, 0.05) is 16.1 Å². The third-order valence-electron chi connectivity index (χ3n) is 3.45. The van der Waals surface area contributed by atoms with Gasteiger partial charge >= 0.3 is 0 Å². The fourth-order valence-electron chi connectivity index (χ4n) is 2.42. The van der Waals surface area contributed by atoms with Crippen molar-refractivity contribution in [2.45, 2.75) is 26.8 Å². The average molecular weight is 311 g/mol. The molecule has 0 bridgehead atoms. The number of rotatable bonds is 3. The van der Waals surface area contributed by atoms with Gasteiger partial charge in [-0.1, -0.05) is 36.7 Å². The van der Waals surface area contributed by atoms with Crippen molar-refractivity contribution in [3.63, 3.8) is 0 Å². The van der Waals surface area contributed by atoms with Crippen LogP contribution in [0.3, 0.4) is 0 Å². The van der Waals surface area contributed by atoms with E-state index in [1.165, 1.54) is 0 Å². The van der Waals surface area contributed by atoms with Crippen LogP contribution in [0, 0.1) is 11.8 Å². The third kappa shape index (κ3) is 2.45. The molecule has 0 unspecified atom stereocenters. The lowest BCUT2D eigenvalue weighted by Gasteiger charge is -2.24. The zero-order valence-corrected chi connectivity index (χ0v) is 12.6. The number of aliphatic hydroxyl groups excluding tert-OH is 1. The second-order valence-corrected chi connectivity index (χ2v) is 5.95. The first-order valence-corrected chi connectivity index (χ1v) is 7.08. The smallest absolute Gasteiger partial charge is 0.0835 e. The van der Waals surface area contributed by atoms with Gasteiger partial charge in [-0.05, 0) is 30.2 Å². The molecular weight excluding hydrogens is 292 g/mol. The Morgan fingerprint density at radius 1 is 1.33 bits per heavy atom. The summed E-state index contributed by atoms with van der Waals surface area (Å²) in [5, 5.41) is 16.2. The quantitative estimate of drug-likeness (QED) is 0.930. The minimum absolute atomic E-state index is 0.0450. The first kappa shape index (κ1) is 13.6. The molecule has 1 N–H and O–H groups in total. The summed E-state index contributed by atoms with van der Waals surface area (Å²) >= 11 is 3.43. The van der Waals surface area contributed by atoms with Gasteiger partial charge < -0.3 is 5.11 Å². The highest BCUT2D eigenvalue weighted by Gasteiger charge is 2.35. The summed E-state index contributed by atoms with van der Waals surface area (Å²) < 4.78 is 1.05. The predicted octanol–water partition coefficient (Wildman–Crippen LogP) is 3.28. The Bertz CT molecular complexity index is 442. The molecular formula is C14H19BrN2O. The van der Waals surface area contributed by atoms with Gasteiger partial charge in [0.25, 0.3) is 0 Å². The van der Waals surface area contributed by atoms with Gasteiger partial charge in [-0.15, -0.1) is 0 Å². The molecule has 98 valence electrons. The summed E-state index contributed by atoms with van der Waals surface area (Å²) in [4.78, 5) is 0. The Labute approximate surface area is 117 Å². The van der Waals surface area contributed by atoms with Gasteiger partial charge in [0.1, 0.15) is 0 Å². The number of hydrazone groups is 1. The lowest BCUT2D eigenvalue weighted by atomic mass is 9.91. The van der Waals surface area contributed by atoms with Crippen LogP contribution in [0.25, 0.3) is 0 Å². The Morgan fingerprint density at radius 2 is 1.94 bits per heavy atom. The van der Waals surface area contributed by atoms with Crippen molar-refractivity contribution < 1.29 is 5.11 Å². The maximum absolute atomic E-state index is 9.60. The van der Waals surface area contributed by atoms with Crippen LogP contribution in [0.15, 0.2) is 33.8 Å². The molecule has 3 nitrogen and oxygen atoms in total. The average Bonchev–Trinajstić information content (AvgIpc) is 2.67. The van der Waals surface area contributed by atoms with Crippen molar-refractivity contribution >= 4 is 27.3 Å². The van der Waals surface area contributed by atoms with E-state index in [9.17, 15) is 5.11 Å². The van der Waals surface area contributed by atoms with Crippen molar-refractivity contribution in [1.82, 2.24) is 0 Å². The molecule has 0 fully saturated rings. The molecule has 1 aromatic rings. The molecule has 1 aromatic carbocycles. The summed E-state index contributed by atoms with van der Waals surface area (Å²) in [7, 11) is 0. The second-order valence-electron chi connectivity index (χ2n) is 5.04. The van der Waals surface area contributed by atoms with Crippen LogP contribution in [-0.4, -0.2) is 23.5 Å². The number of aliphatic hydroxyl groups is 1. The molecule has 0 saturated heterocycles.